The maximum absolute atomic E-state index is 12.0. The van der Waals surface area contributed by atoms with Crippen LogP contribution in [0.1, 0.15) is 12.8 Å². The monoisotopic (exact) mass is 374 g/mol. The molecule has 120 valence electrons. The number of benzene rings is 2. The van der Waals surface area contributed by atoms with E-state index < -0.39 is 0 Å². The zero-order valence-electron chi connectivity index (χ0n) is 12.8. The molecule has 0 atom stereocenters. The zero-order valence-corrected chi connectivity index (χ0v) is 14.4. The molecule has 0 saturated carbocycles. The maximum atomic E-state index is 12.0. The highest BCUT2D eigenvalue weighted by Crippen LogP contribution is 2.22. The highest BCUT2D eigenvalue weighted by Gasteiger charge is 2.12. The fourth-order valence-corrected chi connectivity index (χ4v) is 3.01. The molecular weight excluding hydrogens is 356 g/mol. The Balaban J connectivity index is 1.51. The van der Waals surface area contributed by atoms with Crippen molar-refractivity contribution >= 4 is 33.2 Å². The second-order valence-corrected chi connectivity index (χ2v) is 6.45. The van der Waals surface area contributed by atoms with Crippen LogP contribution in [-0.2, 0) is 4.79 Å². The van der Waals surface area contributed by atoms with Crippen LogP contribution < -0.4 is 15.0 Å². The number of halogens is 1. The van der Waals surface area contributed by atoms with Gasteiger partial charge in [-0.15, -0.1) is 0 Å². The lowest BCUT2D eigenvalue weighted by Crippen LogP contribution is -2.20. The van der Waals surface area contributed by atoms with Crippen LogP contribution in [0, 0.1) is 0 Å². The summed E-state index contributed by atoms with van der Waals surface area (Å²) in [5.74, 6) is 0.498. The Labute approximate surface area is 144 Å². The van der Waals surface area contributed by atoms with Crippen LogP contribution in [0.3, 0.4) is 0 Å². The number of amides is 1. The van der Waals surface area contributed by atoms with E-state index in [-0.39, 0.29) is 12.5 Å². The number of ether oxygens (including phenoxy) is 1. The minimum Gasteiger partial charge on any atom is -0.484 e. The Bertz CT molecular complexity index is 667. The number of rotatable bonds is 5. The molecule has 1 heterocycles. The Morgan fingerprint density at radius 1 is 1.13 bits per heavy atom. The molecule has 1 saturated heterocycles. The lowest BCUT2D eigenvalue weighted by molar-refractivity contribution is -0.118. The standard InChI is InChI=1S/C18H19BrN2O2/c19-14-4-3-5-17(12-14)23-13-18(22)20-15-6-8-16(9-7-15)21-10-1-2-11-21/h3-9,12H,1-2,10-11,13H2,(H,20,22). The van der Waals surface area contributed by atoms with Crippen molar-refractivity contribution in [1.29, 1.82) is 0 Å². The van der Waals surface area contributed by atoms with Crippen molar-refractivity contribution in [2.75, 3.05) is 29.9 Å². The van der Waals surface area contributed by atoms with Gasteiger partial charge in [-0.2, -0.15) is 0 Å². The number of hydrogen-bond acceptors (Lipinski definition) is 3. The lowest BCUT2D eigenvalue weighted by atomic mass is 10.2. The smallest absolute Gasteiger partial charge is 0.262 e. The molecule has 0 unspecified atom stereocenters. The fourth-order valence-electron chi connectivity index (χ4n) is 2.63. The Morgan fingerprint density at radius 2 is 1.87 bits per heavy atom. The average molecular weight is 375 g/mol. The van der Waals surface area contributed by atoms with Gasteiger partial charge in [0.1, 0.15) is 5.75 Å². The number of carbonyl (C=O) groups is 1. The molecule has 5 heteroatoms. The molecule has 1 amide bonds. The molecular formula is C18H19BrN2O2. The zero-order chi connectivity index (χ0) is 16.1. The number of nitrogens with zero attached hydrogens (tertiary/aromatic N) is 1. The van der Waals surface area contributed by atoms with E-state index in [0.29, 0.717) is 5.75 Å². The van der Waals surface area contributed by atoms with Gasteiger partial charge >= 0.3 is 0 Å². The van der Waals surface area contributed by atoms with Crippen LogP contribution in [0.4, 0.5) is 11.4 Å². The van der Waals surface area contributed by atoms with E-state index in [0.717, 1.165) is 23.2 Å². The molecule has 1 fully saturated rings. The second kappa shape index (κ2) is 7.51. The molecule has 0 spiro atoms. The lowest BCUT2D eigenvalue weighted by Gasteiger charge is -2.17. The van der Waals surface area contributed by atoms with Crippen LogP contribution in [0.5, 0.6) is 5.75 Å². The highest BCUT2D eigenvalue weighted by molar-refractivity contribution is 9.10. The summed E-state index contributed by atoms with van der Waals surface area (Å²) in [6.45, 7) is 2.22. The molecule has 2 aromatic carbocycles. The highest BCUT2D eigenvalue weighted by atomic mass is 79.9. The van der Waals surface area contributed by atoms with Crippen molar-refractivity contribution in [3.05, 3.63) is 53.0 Å². The van der Waals surface area contributed by atoms with E-state index in [1.165, 1.54) is 18.5 Å². The first-order valence-electron chi connectivity index (χ1n) is 7.74. The van der Waals surface area contributed by atoms with E-state index in [9.17, 15) is 4.79 Å². The summed E-state index contributed by atoms with van der Waals surface area (Å²) in [7, 11) is 0. The minimum absolute atomic E-state index is 0.00959. The number of anilines is 2. The van der Waals surface area contributed by atoms with Crippen molar-refractivity contribution in [2.45, 2.75) is 12.8 Å². The van der Waals surface area contributed by atoms with Crippen molar-refractivity contribution in [2.24, 2.45) is 0 Å². The Morgan fingerprint density at radius 3 is 2.57 bits per heavy atom. The topological polar surface area (TPSA) is 41.6 Å². The molecule has 3 rings (SSSR count). The first kappa shape index (κ1) is 15.9. The third kappa shape index (κ3) is 4.48. The van der Waals surface area contributed by atoms with Crippen molar-refractivity contribution in [3.63, 3.8) is 0 Å². The fraction of sp³-hybridized carbons (Fsp3) is 0.278. The molecule has 2 aromatic rings. The van der Waals surface area contributed by atoms with E-state index in [1.54, 1.807) is 0 Å². The molecule has 4 nitrogen and oxygen atoms in total. The van der Waals surface area contributed by atoms with Crippen LogP contribution in [0.15, 0.2) is 53.0 Å². The summed E-state index contributed by atoms with van der Waals surface area (Å²) in [4.78, 5) is 14.3. The maximum Gasteiger partial charge on any atom is 0.262 e. The third-order valence-electron chi connectivity index (χ3n) is 3.79. The predicted molar refractivity (Wildman–Crippen MR) is 96.2 cm³/mol. The first-order chi connectivity index (χ1) is 11.2. The molecule has 1 aliphatic rings. The summed E-state index contributed by atoms with van der Waals surface area (Å²) < 4.78 is 6.40. The van der Waals surface area contributed by atoms with Gasteiger partial charge in [-0.25, -0.2) is 0 Å². The third-order valence-corrected chi connectivity index (χ3v) is 4.28. The summed E-state index contributed by atoms with van der Waals surface area (Å²) in [6, 6.07) is 15.4. The normalized spacial score (nSPS) is 13.9. The summed E-state index contributed by atoms with van der Waals surface area (Å²) >= 11 is 3.37. The first-order valence-corrected chi connectivity index (χ1v) is 8.53. The Hall–Kier alpha value is -2.01. The Kier molecular flexibility index (Phi) is 5.18. The van der Waals surface area contributed by atoms with E-state index in [4.69, 9.17) is 4.74 Å². The molecule has 0 radical (unpaired) electrons. The summed E-state index contributed by atoms with van der Waals surface area (Å²) in [5, 5.41) is 2.85. The summed E-state index contributed by atoms with van der Waals surface area (Å²) in [6.07, 6.45) is 2.51. The average Bonchev–Trinajstić information content (AvgIpc) is 3.08. The van der Waals surface area contributed by atoms with E-state index >= 15 is 0 Å². The molecule has 0 aromatic heterocycles. The van der Waals surface area contributed by atoms with Gasteiger partial charge in [0.15, 0.2) is 6.61 Å². The SMILES string of the molecule is O=C(COc1cccc(Br)c1)Nc1ccc(N2CCCC2)cc1. The largest absolute Gasteiger partial charge is 0.484 e. The van der Waals surface area contributed by atoms with Gasteiger partial charge in [0.2, 0.25) is 0 Å². The quantitative estimate of drug-likeness (QED) is 0.857. The van der Waals surface area contributed by atoms with Crippen molar-refractivity contribution in [1.82, 2.24) is 0 Å². The molecule has 0 aliphatic carbocycles. The van der Waals surface area contributed by atoms with Crippen LogP contribution >= 0.6 is 15.9 Å². The molecule has 0 bridgehead atoms. The van der Waals surface area contributed by atoms with Crippen LogP contribution in [0.2, 0.25) is 0 Å². The van der Waals surface area contributed by atoms with Gasteiger partial charge in [-0.05, 0) is 55.3 Å². The van der Waals surface area contributed by atoms with Gasteiger partial charge in [0.25, 0.3) is 5.91 Å². The predicted octanol–water partition coefficient (Wildman–Crippen LogP) is 4.07. The number of carbonyl (C=O) groups excluding carboxylic acids is 1. The summed E-state index contributed by atoms with van der Waals surface area (Å²) in [5.41, 5.74) is 2.00. The molecule has 1 aliphatic heterocycles. The van der Waals surface area contributed by atoms with Gasteiger partial charge < -0.3 is 15.0 Å². The van der Waals surface area contributed by atoms with E-state index in [2.05, 4.69) is 38.3 Å². The van der Waals surface area contributed by atoms with Gasteiger partial charge in [-0.3, -0.25) is 4.79 Å². The van der Waals surface area contributed by atoms with E-state index in [1.807, 2.05) is 36.4 Å². The van der Waals surface area contributed by atoms with Crippen LogP contribution in [0.25, 0.3) is 0 Å². The van der Waals surface area contributed by atoms with Gasteiger partial charge in [-0.1, -0.05) is 22.0 Å². The molecule has 1 N–H and O–H groups in total. The number of hydrogen-bond donors (Lipinski definition) is 1. The van der Waals surface area contributed by atoms with Gasteiger partial charge in [0, 0.05) is 28.9 Å². The van der Waals surface area contributed by atoms with Crippen LogP contribution in [-0.4, -0.2) is 25.6 Å². The second-order valence-electron chi connectivity index (χ2n) is 5.54. The van der Waals surface area contributed by atoms with Gasteiger partial charge in [0.05, 0.1) is 0 Å². The van der Waals surface area contributed by atoms with Crippen molar-refractivity contribution in [3.8, 4) is 5.75 Å². The minimum atomic E-state index is -0.168. The number of nitrogens with one attached hydrogen (secondary N) is 1. The van der Waals surface area contributed by atoms with Crippen molar-refractivity contribution < 1.29 is 9.53 Å². The molecule has 23 heavy (non-hydrogen) atoms.